The molecular formula is C16H13BrO5. The van der Waals surface area contributed by atoms with Crippen LogP contribution in [-0.2, 0) is 20.9 Å². The fourth-order valence-electron chi connectivity index (χ4n) is 1.63. The average molecular weight is 365 g/mol. The molecule has 6 heteroatoms. The Labute approximate surface area is 135 Å². The van der Waals surface area contributed by atoms with E-state index in [-0.39, 0.29) is 6.61 Å². The van der Waals surface area contributed by atoms with Crippen LogP contribution in [0.5, 0.6) is 0 Å². The van der Waals surface area contributed by atoms with Gasteiger partial charge in [0.1, 0.15) is 12.4 Å². The second kappa shape index (κ2) is 7.61. The topological polar surface area (TPSA) is 65.7 Å². The third kappa shape index (κ3) is 4.60. The molecule has 1 aromatic heterocycles. The molecule has 0 atom stereocenters. The van der Waals surface area contributed by atoms with Crippen molar-refractivity contribution in [2.45, 2.75) is 6.61 Å². The Morgan fingerprint density at radius 2 is 1.91 bits per heavy atom. The summed E-state index contributed by atoms with van der Waals surface area (Å²) in [6.07, 6.45) is 2.81. The molecule has 0 aliphatic carbocycles. The van der Waals surface area contributed by atoms with Crippen LogP contribution in [0.15, 0.2) is 51.6 Å². The maximum atomic E-state index is 11.6. The normalized spacial score (nSPS) is 10.6. The van der Waals surface area contributed by atoms with Crippen LogP contribution in [0.2, 0.25) is 0 Å². The molecule has 1 aromatic carbocycles. The predicted molar refractivity (Wildman–Crippen MR) is 83.0 cm³/mol. The predicted octanol–water partition coefficient (Wildman–Crippen LogP) is 3.59. The van der Waals surface area contributed by atoms with Gasteiger partial charge in [0.25, 0.3) is 0 Å². The lowest BCUT2D eigenvalue weighted by atomic mass is 10.1. The summed E-state index contributed by atoms with van der Waals surface area (Å²) in [6, 6.07) is 10.1. The van der Waals surface area contributed by atoms with Gasteiger partial charge in [0.15, 0.2) is 4.67 Å². The monoisotopic (exact) mass is 364 g/mol. The minimum atomic E-state index is -0.482. The van der Waals surface area contributed by atoms with Gasteiger partial charge in [-0.05, 0) is 51.8 Å². The first-order valence-corrected chi connectivity index (χ1v) is 7.15. The molecule has 0 radical (unpaired) electrons. The Morgan fingerprint density at radius 1 is 1.18 bits per heavy atom. The summed E-state index contributed by atoms with van der Waals surface area (Å²) in [7, 11) is 1.32. The van der Waals surface area contributed by atoms with Crippen molar-refractivity contribution < 1.29 is 23.5 Å². The first-order valence-electron chi connectivity index (χ1n) is 6.36. The molecular weight excluding hydrogens is 352 g/mol. The zero-order valence-electron chi connectivity index (χ0n) is 11.7. The number of methoxy groups -OCH3 is 1. The zero-order valence-corrected chi connectivity index (χ0v) is 13.3. The van der Waals surface area contributed by atoms with Crippen molar-refractivity contribution in [3.63, 3.8) is 0 Å². The molecule has 0 saturated carbocycles. The van der Waals surface area contributed by atoms with E-state index in [1.54, 1.807) is 36.4 Å². The van der Waals surface area contributed by atoms with E-state index < -0.39 is 11.9 Å². The SMILES string of the molecule is COC(=O)c1ccc(COC(=O)C=Cc2ccc(Br)o2)cc1. The van der Waals surface area contributed by atoms with Gasteiger partial charge >= 0.3 is 11.9 Å². The first kappa shape index (κ1) is 16.0. The summed E-state index contributed by atoms with van der Waals surface area (Å²) in [5, 5.41) is 0. The van der Waals surface area contributed by atoms with Gasteiger partial charge in [-0.3, -0.25) is 0 Å². The highest BCUT2D eigenvalue weighted by molar-refractivity contribution is 9.10. The molecule has 0 bridgehead atoms. The third-order valence-corrected chi connectivity index (χ3v) is 3.16. The number of hydrogen-bond acceptors (Lipinski definition) is 5. The summed E-state index contributed by atoms with van der Waals surface area (Å²) in [4.78, 5) is 22.9. The van der Waals surface area contributed by atoms with E-state index >= 15 is 0 Å². The molecule has 0 spiro atoms. The van der Waals surface area contributed by atoms with Crippen LogP contribution in [0.25, 0.3) is 6.08 Å². The van der Waals surface area contributed by atoms with Crippen LogP contribution in [0.1, 0.15) is 21.7 Å². The number of esters is 2. The van der Waals surface area contributed by atoms with Crippen LogP contribution in [0.3, 0.4) is 0 Å². The van der Waals surface area contributed by atoms with Gasteiger partial charge < -0.3 is 13.9 Å². The molecule has 0 N–H and O–H groups in total. The van der Waals surface area contributed by atoms with Crippen LogP contribution < -0.4 is 0 Å². The van der Waals surface area contributed by atoms with Crippen LogP contribution in [0.4, 0.5) is 0 Å². The summed E-state index contributed by atoms with van der Waals surface area (Å²) >= 11 is 3.17. The lowest BCUT2D eigenvalue weighted by Gasteiger charge is -2.03. The summed E-state index contributed by atoms with van der Waals surface area (Å²) < 4.78 is 15.5. The minimum absolute atomic E-state index is 0.118. The Morgan fingerprint density at radius 3 is 2.50 bits per heavy atom. The number of hydrogen-bond donors (Lipinski definition) is 0. The second-order valence-electron chi connectivity index (χ2n) is 4.27. The molecule has 0 unspecified atom stereocenters. The number of furan rings is 1. The van der Waals surface area contributed by atoms with E-state index in [0.717, 1.165) is 5.56 Å². The van der Waals surface area contributed by atoms with Crippen molar-refractivity contribution in [3.05, 3.63) is 64.0 Å². The van der Waals surface area contributed by atoms with Gasteiger partial charge in [0, 0.05) is 6.08 Å². The Hall–Kier alpha value is -2.34. The quantitative estimate of drug-likeness (QED) is 0.599. The number of halogens is 1. The van der Waals surface area contributed by atoms with E-state index in [0.29, 0.717) is 16.0 Å². The minimum Gasteiger partial charge on any atom is -0.465 e. The third-order valence-electron chi connectivity index (χ3n) is 2.73. The van der Waals surface area contributed by atoms with Gasteiger partial charge in [0.2, 0.25) is 0 Å². The molecule has 0 fully saturated rings. The van der Waals surface area contributed by atoms with E-state index in [2.05, 4.69) is 20.7 Å². The average Bonchev–Trinajstić information content (AvgIpc) is 2.96. The molecule has 5 nitrogen and oxygen atoms in total. The van der Waals surface area contributed by atoms with Crippen LogP contribution in [0, 0.1) is 0 Å². The first-order chi connectivity index (χ1) is 10.6. The second-order valence-corrected chi connectivity index (χ2v) is 5.05. The largest absolute Gasteiger partial charge is 0.465 e. The number of carbonyl (C=O) groups excluding carboxylic acids is 2. The molecule has 1 heterocycles. The van der Waals surface area contributed by atoms with Gasteiger partial charge in [0.05, 0.1) is 12.7 Å². The molecule has 0 aliphatic heterocycles. The highest BCUT2D eigenvalue weighted by Crippen LogP contribution is 2.15. The van der Waals surface area contributed by atoms with Crippen molar-refractivity contribution in [2.75, 3.05) is 7.11 Å². The summed E-state index contributed by atoms with van der Waals surface area (Å²) in [5.41, 5.74) is 1.22. The zero-order chi connectivity index (χ0) is 15.9. The summed E-state index contributed by atoms with van der Waals surface area (Å²) in [5.74, 6) is -0.341. The Bertz CT molecular complexity index is 685. The number of rotatable bonds is 5. The van der Waals surface area contributed by atoms with E-state index in [9.17, 15) is 9.59 Å². The maximum absolute atomic E-state index is 11.6. The van der Waals surface area contributed by atoms with Gasteiger partial charge in [-0.15, -0.1) is 0 Å². The summed E-state index contributed by atoms with van der Waals surface area (Å²) in [6.45, 7) is 0.118. The van der Waals surface area contributed by atoms with Crippen molar-refractivity contribution in [1.82, 2.24) is 0 Å². The van der Waals surface area contributed by atoms with Gasteiger partial charge in [-0.2, -0.15) is 0 Å². The molecule has 0 aliphatic rings. The lowest BCUT2D eigenvalue weighted by molar-refractivity contribution is -0.138. The van der Waals surface area contributed by atoms with E-state index in [4.69, 9.17) is 9.15 Å². The van der Waals surface area contributed by atoms with Crippen LogP contribution >= 0.6 is 15.9 Å². The molecule has 114 valence electrons. The van der Waals surface area contributed by atoms with Gasteiger partial charge in [-0.25, -0.2) is 9.59 Å². The Kier molecular flexibility index (Phi) is 5.55. The van der Waals surface area contributed by atoms with Crippen LogP contribution in [-0.4, -0.2) is 19.0 Å². The molecule has 2 aromatic rings. The number of carbonyl (C=O) groups is 2. The van der Waals surface area contributed by atoms with Crippen molar-refractivity contribution in [1.29, 1.82) is 0 Å². The molecule has 2 rings (SSSR count). The van der Waals surface area contributed by atoms with E-state index in [1.165, 1.54) is 19.3 Å². The smallest absolute Gasteiger partial charge is 0.337 e. The number of benzene rings is 1. The highest BCUT2D eigenvalue weighted by atomic mass is 79.9. The molecule has 22 heavy (non-hydrogen) atoms. The molecule has 0 saturated heterocycles. The standard InChI is InChI=1S/C16H13BrO5/c1-20-16(19)12-4-2-11(3-5-12)10-21-15(18)9-7-13-6-8-14(17)22-13/h2-9H,10H2,1H3. The maximum Gasteiger partial charge on any atom is 0.337 e. The fourth-order valence-corrected chi connectivity index (χ4v) is 1.94. The number of ether oxygens (including phenoxy) is 2. The molecule has 0 amide bonds. The van der Waals surface area contributed by atoms with Crippen molar-refractivity contribution in [2.24, 2.45) is 0 Å². The van der Waals surface area contributed by atoms with Gasteiger partial charge in [-0.1, -0.05) is 12.1 Å². The fraction of sp³-hybridized carbons (Fsp3) is 0.125. The van der Waals surface area contributed by atoms with E-state index in [1.807, 2.05) is 0 Å². The van der Waals surface area contributed by atoms with Crippen molar-refractivity contribution >= 4 is 33.9 Å². The Balaban J connectivity index is 1.85. The van der Waals surface area contributed by atoms with Crippen molar-refractivity contribution in [3.8, 4) is 0 Å². The highest BCUT2D eigenvalue weighted by Gasteiger charge is 2.05. The lowest BCUT2D eigenvalue weighted by Crippen LogP contribution is -2.03.